The molecule has 0 radical (unpaired) electrons. The van der Waals surface area contributed by atoms with Crippen molar-refractivity contribution in [2.45, 2.75) is 38.3 Å². The molecule has 0 aliphatic carbocycles. The molecule has 0 spiro atoms. The average molecular weight is 447 g/mol. The van der Waals surface area contributed by atoms with Crippen LogP contribution in [-0.2, 0) is 20.7 Å². The van der Waals surface area contributed by atoms with E-state index >= 15 is 0 Å². The quantitative estimate of drug-likeness (QED) is 0.634. The molecule has 1 fully saturated rings. The highest BCUT2D eigenvalue weighted by Gasteiger charge is 2.35. The molecule has 2 aliphatic heterocycles. The van der Waals surface area contributed by atoms with Gasteiger partial charge in [0, 0.05) is 24.6 Å². The van der Waals surface area contributed by atoms with Gasteiger partial charge < -0.3 is 14.5 Å². The number of aryl methyl sites for hydroxylation is 1. The van der Waals surface area contributed by atoms with E-state index in [1.807, 2.05) is 17.0 Å². The summed E-state index contributed by atoms with van der Waals surface area (Å²) in [5.74, 6) is -0.395. The summed E-state index contributed by atoms with van der Waals surface area (Å²) in [4.78, 5) is 30.8. The maximum Gasteiger partial charge on any atom is 0.242 e. The number of ether oxygens (including phenoxy) is 1. The van der Waals surface area contributed by atoms with Crippen LogP contribution in [0.25, 0.3) is 0 Å². The average Bonchev–Trinajstić information content (AvgIpc) is 3.44. The molecule has 2 aromatic rings. The van der Waals surface area contributed by atoms with Crippen LogP contribution in [0.2, 0.25) is 0 Å². The minimum Gasteiger partial charge on any atom is -0.376 e. The SMILES string of the molecule is Cc1ccccc1C1c2ccsc2CCN1C(=O)CN(CC1CCCO1)C(=O)CCl. The van der Waals surface area contributed by atoms with E-state index in [0.717, 1.165) is 30.4 Å². The van der Waals surface area contributed by atoms with E-state index in [2.05, 4.69) is 30.5 Å². The summed E-state index contributed by atoms with van der Waals surface area (Å²) >= 11 is 7.59. The molecular formula is C23H27ClN2O3S. The number of hydrogen-bond donors (Lipinski definition) is 0. The smallest absolute Gasteiger partial charge is 0.242 e. The van der Waals surface area contributed by atoms with E-state index in [0.29, 0.717) is 19.7 Å². The van der Waals surface area contributed by atoms with E-state index in [9.17, 15) is 9.59 Å². The number of rotatable bonds is 6. The molecule has 160 valence electrons. The largest absolute Gasteiger partial charge is 0.376 e. The Hall–Kier alpha value is -1.89. The first-order valence-electron chi connectivity index (χ1n) is 10.4. The Labute approximate surface area is 186 Å². The summed E-state index contributed by atoms with van der Waals surface area (Å²) < 4.78 is 5.69. The van der Waals surface area contributed by atoms with Crippen LogP contribution in [0, 0.1) is 6.92 Å². The fraction of sp³-hybridized carbons (Fsp3) is 0.478. The molecule has 0 N–H and O–H groups in total. The predicted octanol–water partition coefficient (Wildman–Crippen LogP) is 3.78. The van der Waals surface area contributed by atoms with Crippen molar-refractivity contribution in [3.63, 3.8) is 0 Å². The van der Waals surface area contributed by atoms with Gasteiger partial charge in [-0.25, -0.2) is 0 Å². The fourth-order valence-electron chi connectivity index (χ4n) is 4.44. The predicted molar refractivity (Wildman–Crippen MR) is 119 cm³/mol. The number of hydrogen-bond acceptors (Lipinski definition) is 4. The molecule has 1 aromatic carbocycles. The minimum absolute atomic E-state index is 0.0121. The van der Waals surface area contributed by atoms with Gasteiger partial charge in [0.05, 0.1) is 18.7 Å². The number of nitrogens with zero attached hydrogens (tertiary/aromatic N) is 2. The Morgan fingerprint density at radius 1 is 1.27 bits per heavy atom. The first-order chi connectivity index (χ1) is 14.6. The molecule has 7 heteroatoms. The van der Waals surface area contributed by atoms with Crippen LogP contribution < -0.4 is 0 Å². The van der Waals surface area contributed by atoms with Crippen molar-refractivity contribution in [3.8, 4) is 0 Å². The molecule has 4 rings (SSSR count). The third kappa shape index (κ3) is 4.41. The van der Waals surface area contributed by atoms with E-state index in [1.54, 1.807) is 16.2 Å². The third-order valence-corrected chi connectivity index (χ3v) is 7.24. The number of amides is 2. The van der Waals surface area contributed by atoms with Gasteiger partial charge in [-0.15, -0.1) is 22.9 Å². The van der Waals surface area contributed by atoms with Crippen LogP contribution in [0.15, 0.2) is 35.7 Å². The van der Waals surface area contributed by atoms with Gasteiger partial charge in [-0.3, -0.25) is 9.59 Å². The molecule has 2 amide bonds. The van der Waals surface area contributed by atoms with E-state index in [4.69, 9.17) is 16.3 Å². The van der Waals surface area contributed by atoms with Gasteiger partial charge in [-0.05, 0) is 54.3 Å². The Kier molecular flexibility index (Phi) is 6.76. The maximum atomic E-state index is 13.5. The topological polar surface area (TPSA) is 49.9 Å². The molecule has 1 aromatic heterocycles. The Morgan fingerprint density at radius 3 is 2.83 bits per heavy atom. The minimum atomic E-state index is -0.221. The fourth-order valence-corrected chi connectivity index (χ4v) is 5.51. The Morgan fingerprint density at radius 2 is 2.10 bits per heavy atom. The van der Waals surface area contributed by atoms with Crippen molar-refractivity contribution in [3.05, 3.63) is 57.3 Å². The lowest BCUT2D eigenvalue weighted by Crippen LogP contribution is -2.48. The van der Waals surface area contributed by atoms with Crippen molar-refractivity contribution in [1.82, 2.24) is 9.80 Å². The summed E-state index contributed by atoms with van der Waals surface area (Å²) in [7, 11) is 0. The van der Waals surface area contributed by atoms with Gasteiger partial charge >= 0.3 is 0 Å². The number of thiophene rings is 1. The Balaban J connectivity index is 1.59. The van der Waals surface area contributed by atoms with Crippen molar-refractivity contribution >= 4 is 34.8 Å². The zero-order chi connectivity index (χ0) is 21.1. The van der Waals surface area contributed by atoms with Gasteiger partial charge in [0.2, 0.25) is 11.8 Å². The number of halogens is 1. The standard InChI is InChI=1S/C23H27ClN2O3S/c1-16-5-2-3-7-18(16)23-19-9-12-30-20(19)8-10-26(23)22(28)15-25(21(27)13-24)14-17-6-4-11-29-17/h2-3,5,7,9,12,17,23H,4,6,8,10-11,13-15H2,1H3. The third-order valence-electron chi connectivity index (χ3n) is 6.01. The van der Waals surface area contributed by atoms with Crippen LogP contribution in [-0.4, -0.2) is 59.8 Å². The molecule has 5 nitrogen and oxygen atoms in total. The van der Waals surface area contributed by atoms with Gasteiger partial charge in [-0.1, -0.05) is 24.3 Å². The lowest BCUT2D eigenvalue weighted by atomic mass is 9.90. The first-order valence-corrected chi connectivity index (χ1v) is 11.9. The summed E-state index contributed by atoms with van der Waals surface area (Å²) in [6, 6.07) is 10.2. The molecule has 30 heavy (non-hydrogen) atoms. The molecule has 0 bridgehead atoms. The number of fused-ring (bicyclic) bond motifs is 1. The first kappa shape index (κ1) is 21.3. The molecular weight excluding hydrogens is 420 g/mol. The van der Waals surface area contributed by atoms with Crippen LogP contribution >= 0.6 is 22.9 Å². The highest BCUT2D eigenvalue weighted by atomic mass is 35.5. The molecule has 1 saturated heterocycles. The second-order valence-corrected chi connectivity index (χ2v) is 9.21. The Bertz CT molecular complexity index is 909. The van der Waals surface area contributed by atoms with Gasteiger partial charge in [0.1, 0.15) is 5.88 Å². The monoisotopic (exact) mass is 446 g/mol. The van der Waals surface area contributed by atoms with E-state index in [-0.39, 0.29) is 36.4 Å². The molecule has 0 saturated carbocycles. The number of alkyl halides is 1. The van der Waals surface area contributed by atoms with Crippen molar-refractivity contribution < 1.29 is 14.3 Å². The summed E-state index contributed by atoms with van der Waals surface area (Å²) in [5.41, 5.74) is 3.50. The second-order valence-electron chi connectivity index (χ2n) is 7.94. The van der Waals surface area contributed by atoms with Gasteiger partial charge in [0.25, 0.3) is 0 Å². The zero-order valence-corrected chi connectivity index (χ0v) is 18.8. The molecule has 2 atom stereocenters. The van der Waals surface area contributed by atoms with Crippen LogP contribution in [0.3, 0.4) is 0 Å². The summed E-state index contributed by atoms with van der Waals surface area (Å²) in [6.07, 6.45) is 2.73. The lowest BCUT2D eigenvalue weighted by Gasteiger charge is -2.38. The van der Waals surface area contributed by atoms with Crippen LogP contribution in [0.5, 0.6) is 0 Å². The second kappa shape index (κ2) is 9.50. The van der Waals surface area contributed by atoms with Crippen molar-refractivity contribution in [2.24, 2.45) is 0 Å². The highest BCUT2D eigenvalue weighted by molar-refractivity contribution is 7.10. The van der Waals surface area contributed by atoms with E-state index < -0.39 is 0 Å². The van der Waals surface area contributed by atoms with Gasteiger partial charge in [0.15, 0.2) is 0 Å². The number of benzene rings is 1. The lowest BCUT2D eigenvalue weighted by molar-refractivity contribution is -0.141. The molecule has 3 heterocycles. The van der Waals surface area contributed by atoms with Crippen LogP contribution in [0.4, 0.5) is 0 Å². The van der Waals surface area contributed by atoms with Crippen molar-refractivity contribution in [1.29, 1.82) is 0 Å². The number of carbonyl (C=O) groups is 2. The van der Waals surface area contributed by atoms with Crippen LogP contribution in [0.1, 0.15) is 40.5 Å². The highest BCUT2D eigenvalue weighted by Crippen LogP contribution is 2.39. The van der Waals surface area contributed by atoms with E-state index in [1.165, 1.54) is 10.4 Å². The molecule has 2 unspecified atom stereocenters. The summed E-state index contributed by atoms with van der Waals surface area (Å²) in [5, 5.41) is 2.10. The summed E-state index contributed by atoms with van der Waals surface area (Å²) in [6.45, 7) is 3.90. The molecule has 2 aliphatic rings. The number of carbonyl (C=O) groups excluding carboxylic acids is 2. The van der Waals surface area contributed by atoms with Crippen molar-refractivity contribution in [2.75, 3.05) is 32.1 Å². The van der Waals surface area contributed by atoms with Gasteiger partial charge in [-0.2, -0.15) is 0 Å². The normalized spacial score (nSPS) is 20.8. The zero-order valence-electron chi connectivity index (χ0n) is 17.2. The maximum absolute atomic E-state index is 13.5.